The first-order valence-corrected chi connectivity index (χ1v) is 10.5. The highest BCUT2D eigenvalue weighted by Gasteiger charge is 2.19. The summed E-state index contributed by atoms with van der Waals surface area (Å²) in [4.78, 5) is 13.0. The second-order valence-corrected chi connectivity index (χ2v) is 7.28. The van der Waals surface area contributed by atoms with Gasteiger partial charge in [-0.1, -0.05) is 48.5 Å². The number of amides is 1. The Bertz CT molecular complexity index is 1170. The Morgan fingerprint density at radius 3 is 2.45 bits per heavy atom. The van der Waals surface area contributed by atoms with E-state index < -0.39 is 6.04 Å². The molecule has 31 heavy (non-hydrogen) atoms. The van der Waals surface area contributed by atoms with E-state index in [0.717, 1.165) is 22.2 Å². The molecule has 4 aromatic rings. The van der Waals surface area contributed by atoms with Gasteiger partial charge in [0.15, 0.2) is 0 Å². The number of benzene rings is 3. The molecule has 158 valence electrons. The molecule has 1 amide bonds. The molecule has 0 fully saturated rings. The van der Waals surface area contributed by atoms with Gasteiger partial charge in [-0.05, 0) is 49.7 Å². The molecule has 0 bridgehead atoms. The van der Waals surface area contributed by atoms with Crippen molar-refractivity contribution in [2.45, 2.75) is 26.5 Å². The average molecular weight is 415 g/mol. The van der Waals surface area contributed by atoms with Crippen LogP contribution >= 0.6 is 0 Å². The third-order valence-electron chi connectivity index (χ3n) is 5.20. The van der Waals surface area contributed by atoms with Crippen LogP contribution < -0.4 is 14.8 Å². The lowest BCUT2D eigenvalue weighted by Gasteiger charge is -2.17. The van der Waals surface area contributed by atoms with Crippen molar-refractivity contribution in [3.63, 3.8) is 0 Å². The largest absolute Gasteiger partial charge is 0.492 e. The van der Waals surface area contributed by atoms with E-state index in [1.54, 1.807) is 0 Å². The normalized spacial score (nSPS) is 11.8. The Balaban J connectivity index is 1.53. The lowest BCUT2D eigenvalue weighted by atomic mass is 10.2. The zero-order chi connectivity index (χ0) is 21.6. The summed E-state index contributed by atoms with van der Waals surface area (Å²) < 4.78 is 13.6. The second kappa shape index (κ2) is 9.39. The van der Waals surface area contributed by atoms with Gasteiger partial charge in [0.25, 0.3) is 0 Å². The molecule has 1 aromatic heterocycles. The third kappa shape index (κ3) is 4.56. The summed E-state index contributed by atoms with van der Waals surface area (Å²) in [6.07, 6.45) is 1.93. The molecule has 5 heteroatoms. The molecule has 0 aliphatic rings. The minimum Gasteiger partial charge on any atom is -0.492 e. The molecule has 1 N–H and O–H groups in total. The summed E-state index contributed by atoms with van der Waals surface area (Å²) in [5.41, 5.74) is 2.73. The Labute approximate surface area is 182 Å². The molecule has 1 heterocycles. The maximum atomic E-state index is 13.0. The van der Waals surface area contributed by atoms with E-state index in [4.69, 9.17) is 9.47 Å². The highest BCUT2D eigenvalue weighted by molar-refractivity contribution is 5.96. The van der Waals surface area contributed by atoms with Crippen molar-refractivity contribution < 1.29 is 14.3 Å². The number of anilines is 1. The van der Waals surface area contributed by atoms with Crippen LogP contribution in [0.5, 0.6) is 11.5 Å². The van der Waals surface area contributed by atoms with E-state index in [1.165, 1.54) is 0 Å². The van der Waals surface area contributed by atoms with Gasteiger partial charge in [-0.2, -0.15) is 0 Å². The van der Waals surface area contributed by atoms with Gasteiger partial charge >= 0.3 is 0 Å². The van der Waals surface area contributed by atoms with Crippen LogP contribution in [0.4, 0.5) is 5.69 Å². The quantitative estimate of drug-likeness (QED) is 0.395. The molecule has 0 saturated carbocycles. The first-order valence-electron chi connectivity index (χ1n) is 10.5. The van der Waals surface area contributed by atoms with Crippen molar-refractivity contribution in [1.82, 2.24) is 4.57 Å². The van der Waals surface area contributed by atoms with Crippen molar-refractivity contribution in [2.24, 2.45) is 0 Å². The standard InChI is InChI=1S/C26H26N2O3/c1-3-30-25-14-8-7-12-22(25)27-26(29)19(2)28-17-16-21-23(28)13-9-15-24(21)31-18-20-10-5-4-6-11-20/h4-17,19H,3,18H2,1-2H3,(H,27,29). The lowest BCUT2D eigenvalue weighted by molar-refractivity contribution is -0.118. The number of para-hydroxylation sites is 2. The molecule has 0 aliphatic heterocycles. The Kier molecular flexibility index (Phi) is 6.22. The fourth-order valence-corrected chi connectivity index (χ4v) is 3.57. The van der Waals surface area contributed by atoms with Crippen molar-refractivity contribution >= 4 is 22.5 Å². The van der Waals surface area contributed by atoms with E-state index in [0.29, 0.717) is 24.7 Å². The van der Waals surface area contributed by atoms with Crippen molar-refractivity contribution in [1.29, 1.82) is 0 Å². The molecule has 5 nitrogen and oxygen atoms in total. The maximum Gasteiger partial charge on any atom is 0.247 e. The zero-order valence-corrected chi connectivity index (χ0v) is 17.7. The van der Waals surface area contributed by atoms with Crippen LogP contribution in [0.1, 0.15) is 25.5 Å². The monoisotopic (exact) mass is 414 g/mol. The topological polar surface area (TPSA) is 52.5 Å². The lowest BCUT2D eigenvalue weighted by Crippen LogP contribution is -2.23. The summed E-state index contributed by atoms with van der Waals surface area (Å²) in [6.45, 7) is 4.84. The maximum absolute atomic E-state index is 13.0. The molecular weight excluding hydrogens is 388 g/mol. The summed E-state index contributed by atoms with van der Waals surface area (Å²) in [5, 5.41) is 3.97. The van der Waals surface area contributed by atoms with Gasteiger partial charge in [0.1, 0.15) is 24.1 Å². The van der Waals surface area contributed by atoms with Gasteiger partial charge in [-0.25, -0.2) is 0 Å². The smallest absolute Gasteiger partial charge is 0.247 e. The number of hydrogen-bond donors (Lipinski definition) is 1. The zero-order valence-electron chi connectivity index (χ0n) is 17.7. The summed E-state index contributed by atoms with van der Waals surface area (Å²) in [7, 11) is 0. The number of nitrogens with one attached hydrogen (secondary N) is 1. The van der Waals surface area contributed by atoms with Crippen LogP contribution in [0, 0.1) is 0 Å². The van der Waals surface area contributed by atoms with Gasteiger partial charge in [-0.15, -0.1) is 0 Å². The van der Waals surface area contributed by atoms with Crippen LogP contribution in [-0.4, -0.2) is 17.1 Å². The number of carbonyl (C=O) groups excluding carboxylic acids is 1. The predicted octanol–water partition coefficient (Wildman–Crippen LogP) is 5.82. The van der Waals surface area contributed by atoms with Crippen LogP contribution in [0.2, 0.25) is 0 Å². The Morgan fingerprint density at radius 1 is 0.903 bits per heavy atom. The van der Waals surface area contributed by atoms with Crippen LogP contribution in [-0.2, 0) is 11.4 Å². The van der Waals surface area contributed by atoms with E-state index in [9.17, 15) is 4.79 Å². The van der Waals surface area contributed by atoms with Crippen LogP contribution in [0.15, 0.2) is 85.1 Å². The van der Waals surface area contributed by atoms with Crippen LogP contribution in [0.25, 0.3) is 10.9 Å². The summed E-state index contributed by atoms with van der Waals surface area (Å²) >= 11 is 0. The predicted molar refractivity (Wildman–Crippen MR) is 124 cm³/mol. The molecule has 0 saturated heterocycles. The number of nitrogens with zero attached hydrogens (tertiary/aromatic N) is 1. The minimum atomic E-state index is -0.406. The number of rotatable bonds is 8. The molecule has 0 radical (unpaired) electrons. The van der Waals surface area contributed by atoms with Gasteiger partial charge in [-0.3, -0.25) is 4.79 Å². The highest BCUT2D eigenvalue weighted by Crippen LogP contribution is 2.30. The van der Waals surface area contributed by atoms with E-state index in [2.05, 4.69) is 5.32 Å². The van der Waals surface area contributed by atoms with Crippen molar-refractivity contribution in [2.75, 3.05) is 11.9 Å². The first kappa shape index (κ1) is 20.5. The molecule has 3 aromatic carbocycles. The summed E-state index contributed by atoms with van der Waals surface area (Å²) in [6, 6.07) is 25.0. The highest BCUT2D eigenvalue weighted by atomic mass is 16.5. The Morgan fingerprint density at radius 2 is 1.65 bits per heavy atom. The number of carbonyl (C=O) groups is 1. The third-order valence-corrected chi connectivity index (χ3v) is 5.20. The van der Waals surface area contributed by atoms with Gasteiger partial charge < -0.3 is 19.4 Å². The van der Waals surface area contributed by atoms with Gasteiger partial charge in [0, 0.05) is 11.6 Å². The molecule has 1 unspecified atom stereocenters. The fraction of sp³-hybridized carbons (Fsp3) is 0.192. The van der Waals surface area contributed by atoms with E-state index in [-0.39, 0.29) is 5.91 Å². The van der Waals surface area contributed by atoms with Gasteiger partial charge in [0.05, 0.1) is 17.8 Å². The molecule has 0 spiro atoms. The van der Waals surface area contributed by atoms with Crippen molar-refractivity contribution in [3.05, 3.63) is 90.6 Å². The number of fused-ring (bicyclic) bond motifs is 1. The molecule has 4 rings (SSSR count). The minimum absolute atomic E-state index is 0.111. The summed E-state index contributed by atoms with van der Waals surface area (Å²) in [5.74, 6) is 1.36. The number of aromatic nitrogens is 1. The van der Waals surface area contributed by atoms with E-state index in [1.807, 2.05) is 103 Å². The average Bonchev–Trinajstić information content (AvgIpc) is 3.24. The van der Waals surface area contributed by atoms with Gasteiger partial charge in [0.2, 0.25) is 5.91 Å². The fourth-order valence-electron chi connectivity index (χ4n) is 3.57. The first-order chi connectivity index (χ1) is 15.2. The second-order valence-electron chi connectivity index (χ2n) is 7.28. The van der Waals surface area contributed by atoms with Crippen LogP contribution in [0.3, 0.4) is 0 Å². The number of ether oxygens (including phenoxy) is 2. The van der Waals surface area contributed by atoms with E-state index >= 15 is 0 Å². The molecular formula is C26H26N2O3. The van der Waals surface area contributed by atoms with Crippen molar-refractivity contribution in [3.8, 4) is 11.5 Å². The SMILES string of the molecule is CCOc1ccccc1NC(=O)C(C)n1ccc2c(OCc3ccccc3)cccc21. The number of hydrogen-bond acceptors (Lipinski definition) is 3. The Hall–Kier alpha value is -3.73. The molecule has 1 atom stereocenters. The molecule has 0 aliphatic carbocycles.